The van der Waals surface area contributed by atoms with Crippen LogP contribution < -0.4 is 5.32 Å². The van der Waals surface area contributed by atoms with Crippen molar-refractivity contribution < 1.29 is 27.1 Å². The third-order valence-electron chi connectivity index (χ3n) is 3.65. The van der Waals surface area contributed by atoms with Gasteiger partial charge in [-0.15, -0.1) is 0 Å². The van der Waals surface area contributed by atoms with Crippen molar-refractivity contribution in [3.8, 4) is 0 Å². The van der Waals surface area contributed by atoms with Gasteiger partial charge in [-0.25, -0.2) is 9.37 Å². The lowest BCUT2D eigenvalue weighted by Crippen LogP contribution is -2.37. The van der Waals surface area contributed by atoms with E-state index in [0.29, 0.717) is 31.0 Å². The second-order valence-electron chi connectivity index (χ2n) is 5.22. The summed E-state index contributed by atoms with van der Waals surface area (Å²) in [6, 6.07) is 1.63. The molecule has 1 aliphatic heterocycles. The number of hydrogen-bond donors (Lipinski definition) is 2. The van der Waals surface area contributed by atoms with Crippen LogP contribution in [-0.4, -0.2) is 33.7 Å². The quantitative estimate of drug-likeness (QED) is 0.837. The Morgan fingerprint density at radius 2 is 2.17 bits per heavy atom. The first-order valence-electron chi connectivity index (χ1n) is 7.01. The minimum absolute atomic E-state index is 0.285. The normalized spacial score (nSPS) is 21.0. The summed E-state index contributed by atoms with van der Waals surface area (Å²) in [5.74, 6) is -1.77. The largest absolute Gasteiger partial charge is 0.419 e. The Hall–Kier alpha value is -2.49. The van der Waals surface area contributed by atoms with Gasteiger partial charge in [0, 0.05) is 12.2 Å². The predicted molar refractivity (Wildman–Crippen MR) is 72.3 cm³/mol. The Labute approximate surface area is 133 Å². The Morgan fingerprint density at radius 3 is 2.83 bits per heavy atom. The number of halogens is 4. The number of carbonyl (C=O) groups is 1. The number of aromatic amines is 1. The molecule has 2 atom stereocenters. The van der Waals surface area contributed by atoms with Crippen LogP contribution in [0.5, 0.6) is 0 Å². The highest BCUT2D eigenvalue weighted by Crippen LogP contribution is 2.32. The van der Waals surface area contributed by atoms with E-state index in [4.69, 9.17) is 4.74 Å². The van der Waals surface area contributed by atoms with Gasteiger partial charge in [-0.05, 0) is 24.6 Å². The van der Waals surface area contributed by atoms with Crippen LogP contribution in [0.15, 0.2) is 24.5 Å². The molecule has 10 heteroatoms. The standard InChI is InChI=1S/C14H12F4N4O2/c15-9-2-1-7(5-8(9)14(16,17)18)13(23)21-10-3-4-24-11(10)12-19-6-20-22-12/h1-2,5-6,10-11H,3-4H2,(H,21,23)(H,19,20,22)/t10-,11+/m0/s1. The van der Waals surface area contributed by atoms with E-state index in [-0.39, 0.29) is 5.56 Å². The molecule has 6 nitrogen and oxygen atoms in total. The molecule has 0 saturated carbocycles. The highest BCUT2D eigenvalue weighted by Gasteiger charge is 2.36. The number of ether oxygens (including phenoxy) is 1. The number of benzene rings is 1. The molecule has 1 aliphatic rings. The molecule has 1 saturated heterocycles. The summed E-state index contributed by atoms with van der Waals surface area (Å²) in [4.78, 5) is 16.1. The van der Waals surface area contributed by atoms with Crippen LogP contribution in [0.1, 0.15) is 34.3 Å². The lowest BCUT2D eigenvalue weighted by molar-refractivity contribution is -0.140. The zero-order valence-electron chi connectivity index (χ0n) is 12.1. The second-order valence-corrected chi connectivity index (χ2v) is 5.22. The van der Waals surface area contributed by atoms with Crippen LogP contribution in [-0.2, 0) is 10.9 Å². The third kappa shape index (κ3) is 3.23. The van der Waals surface area contributed by atoms with Gasteiger partial charge in [0.25, 0.3) is 5.91 Å². The maximum Gasteiger partial charge on any atom is 0.419 e. The SMILES string of the molecule is O=C(N[C@H]1CCO[C@H]1c1ncn[nH]1)c1ccc(F)c(C(F)(F)F)c1. The first-order chi connectivity index (χ1) is 11.4. The highest BCUT2D eigenvalue weighted by molar-refractivity contribution is 5.94. The number of rotatable bonds is 3. The summed E-state index contributed by atoms with van der Waals surface area (Å²) in [7, 11) is 0. The van der Waals surface area contributed by atoms with Crippen LogP contribution in [0, 0.1) is 5.82 Å². The van der Waals surface area contributed by atoms with E-state index in [2.05, 4.69) is 20.5 Å². The van der Waals surface area contributed by atoms with Gasteiger partial charge in [0.15, 0.2) is 5.82 Å². The summed E-state index contributed by atoms with van der Waals surface area (Å²) < 4.78 is 56.9. The molecule has 1 aromatic heterocycles. The third-order valence-corrected chi connectivity index (χ3v) is 3.65. The van der Waals surface area contributed by atoms with Crippen LogP contribution in [0.3, 0.4) is 0 Å². The van der Waals surface area contributed by atoms with Crippen molar-refractivity contribution in [2.75, 3.05) is 6.61 Å². The van der Waals surface area contributed by atoms with Gasteiger partial charge in [-0.3, -0.25) is 9.89 Å². The van der Waals surface area contributed by atoms with Gasteiger partial charge in [-0.1, -0.05) is 0 Å². The highest BCUT2D eigenvalue weighted by atomic mass is 19.4. The topological polar surface area (TPSA) is 79.9 Å². The maximum atomic E-state index is 13.3. The molecule has 0 unspecified atom stereocenters. The van der Waals surface area contributed by atoms with Crippen molar-refractivity contribution in [3.05, 3.63) is 47.3 Å². The molecule has 0 radical (unpaired) electrons. The molecule has 0 bridgehead atoms. The fraction of sp³-hybridized carbons (Fsp3) is 0.357. The number of H-pyrrole nitrogens is 1. The van der Waals surface area contributed by atoms with Crippen LogP contribution in [0.2, 0.25) is 0 Å². The number of carbonyl (C=O) groups excluding carboxylic acids is 1. The minimum atomic E-state index is -4.88. The summed E-state index contributed by atoms with van der Waals surface area (Å²) in [6.07, 6.45) is -3.70. The number of amides is 1. The summed E-state index contributed by atoms with van der Waals surface area (Å²) in [5.41, 5.74) is -1.77. The van der Waals surface area contributed by atoms with E-state index in [0.717, 1.165) is 6.07 Å². The molecule has 1 amide bonds. The Balaban J connectivity index is 1.78. The van der Waals surface area contributed by atoms with Gasteiger partial charge < -0.3 is 10.1 Å². The van der Waals surface area contributed by atoms with E-state index in [1.54, 1.807) is 0 Å². The van der Waals surface area contributed by atoms with Crippen molar-refractivity contribution in [2.24, 2.45) is 0 Å². The van der Waals surface area contributed by atoms with E-state index >= 15 is 0 Å². The summed E-state index contributed by atoms with van der Waals surface area (Å²) in [5, 5.41) is 8.90. The van der Waals surface area contributed by atoms with Gasteiger partial charge >= 0.3 is 6.18 Å². The molecular weight excluding hydrogens is 332 g/mol. The number of aromatic nitrogens is 3. The zero-order valence-corrected chi connectivity index (χ0v) is 12.1. The number of nitrogens with zero attached hydrogens (tertiary/aromatic N) is 2. The molecule has 1 aromatic carbocycles. The Kier molecular flexibility index (Phi) is 4.22. The molecule has 2 aromatic rings. The van der Waals surface area contributed by atoms with Crippen molar-refractivity contribution in [1.82, 2.24) is 20.5 Å². The van der Waals surface area contributed by atoms with Crippen LogP contribution >= 0.6 is 0 Å². The number of hydrogen-bond acceptors (Lipinski definition) is 4. The fourth-order valence-corrected chi connectivity index (χ4v) is 2.49. The lowest BCUT2D eigenvalue weighted by Gasteiger charge is -2.18. The molecule has 128 valence electrons. The molecule has 0 spiro atoms. The number of nitrogens with one attached hydrogen (secondary N) is 2. The van der Waals surface area contributed by atoms with Crippen LogP contribution in [0.4, 0.5) is 17.6 Å². The molecule has 3 rings (SSSR count). The van der Waals surface area contributed by atoms with Crippen molar-refractivity contribution in [3.63, 3.8) is 0 Å². The van der Waals surface area contributed by atoms with Gasteiger partial charge in [0.1, 0.15) is 18.2 Å². The smallest absolute Gasteiger partial charge is 0.368 e. The first-order valence-corrected chi connectivity index (χ1v) is 7.01. The van der Waals surface area contributed by atoms with Crippen molar-refractivity contribution in [2.45, 2.75) is 24.7 Å². The van der Waals surface area contributed by atoms with E-state index in [1.807, 2.05) is 0 Å². The van der Waals surface area contributed by atoms with Crippen LogP contribution in [0.25, 0.3) is 0 Å². The first kappa shape index (κ1) is 16.4. The van der Waals surface area contributed by atoms with Gasteiger partial charge in [-0.2, -0.15) is 18.3 Å². The zero-order chi connectivity index (χ0) is 17.3. The van der Waals surface area contributed by atoms with Crippen molar-refractivity contribution in [1.29, 1.82) is 0 Å². The lowest BCUT2D eigenvalue weighted by atomic mass is 10.1. The Morgan fingerprint density at radius 1 is 1.38 bits per heavy atom. The van der Waals surface area contributed by atoms with E-state index in [1.165, 1.54) is 6.33 Å². The fourth-order valence-electron chi connectivity index (χ4n) is 2.49. The molecular formula is C14H12F4N4O2. The minimum Gasteiger partial charge on any atom is -0.368 e. The summed E-state index contributed by atoms with van der Waals surface area (Å²) in [6.45, 7) is 0.355. The molecule has 1 fully saturated rings. The van der Waals surface area contributed by atoms with Gasteiger partial charge in [0.2, 0.25) is 0 Å². The van der Waals surface area contributed by atoms with E-state index < -0.39 is 35.6 Å². The van der Waals surface area contributed by atoms with Gasteiger partial charge in [0.05, 0.1) is 11.6 Å². The van der Waals surface area contributed by atoms with E-state index in [9.17, 15) is 22.4 Å². The Bertz CT molecular complexity index is 733. The monoisotopic (exact) mass is 344 g/mol. The number of alkyl halides is 3. The summed E-state index contributed by atoms with van der Waals surface area (Å²) >= 11 is 0. The van der Waals surface area contributed by atoms with Crippen molar-refractivity contribution >= 4 is 5.91 Å². The second kappa shape index (κ2) is 6.19. The molecule has 24 heavy (non-hydrogen) atoms. The predicted octanol–water partition coefficient (Wildman–Crippen LogP) is 2.22. The average Bonchev–Trinajstić information content (AvgIpc) is 3.16. The molecule has 2 N–H and O–H groups in total. The maximum absolute atomic E-state index is 13.3. The molecule has 0 aliphatic carbocycles. The molecule has 2 heterocycles. The average molecular weight is 344 g/mol.